The number of halogens is 2. The molecular weight excluding hydrogens is 456 g/mol. The Bertz CT molecular complexity index is 1330. The molecule has 4 rings (SSSR count). The molecule has 1 aromatic heterocycles. The first-order valence-electron chi connectivity index (χ1n) is 11.1. The van der Waals surface area contributed by atoms with Crippen molar-refractivity contribution in [2.45, 2.75) is 33.2 Å². The van der Waals surface area contributed by atoms with Gasteiger partial charge in [0.25, 0.3) is 5.91 Å². The van der Waals surface area contributed by atoms with Crippen molar-refractivity contribution in [1.29, 1.82) is 0 Å². The highest BCUT2D eigenvalue weighted by Crippen LogP contribution is 2.32. The first-order valence-corrected chi connectivity index (χ1v) is 11.1. The smallest absolute Gasteiger partial charge is 0.325 e. The summed E-state index contributed by atoms with van der Waals surface area (Å²) in [5.74, 6) is -2.15. The van der Waals surface area contributed by atoms with E-state index in [0.717, 1.165) is 40.2 Å². The van der Waals surface area contributed by atoms with Gasteiger partial charge < -0.3 is 14.6 Å². The van der Waals surface area contributed by atoms with Crippen molar-refractivity contribution < 1.29 is 27.9 Å². The monoisotopic (exact) mass is 481 g/mol. The van der Waals surface area contributed by atoms with Crippen molar-refractivity contribution in [2.75, 3.05) is 13.2 Å². The van der Waals surface area contributed by atoms with Gasteiger partial charge in [-0.2, -0.15) is 0 Å². The maximum absolute atomic E-state index is 14.4. The lowest BCUT2D eigenvalue weighted by Gasteiger charge is -2.22. The molecule has 1 unspecified atom stereocenters. The molecule has 0 bridgehead atoms. The van der Waals surface area contributed by atoms with E-state index in [1.807, 2.05) is 42.7 Å². The Kier molecular flexibility index (Phi) is 6.19. The molecule has 2 heterocycles. The second-order valence-corrected chi connectivity index (χ2v) is 8.54. The number of hydrogen-bond donors (Lipinski definition) is 1. The maximum atomic E-state index is 14.4. The standard InChI is InChI=1S/C26H25F2N3O4/c1-5-35-19-9-7-18(8-10-19)31-15(2)12-20(16(31)3)23(32)14-30-24(33)26(4,29-25(30)34)21-13-17(27)6-11-22(21)28/h6-13H,5,14H2,1-4H3,(H,29,34). The zero-order chi connectivity index (χ0) is 25.5. The molecule has 35 heavy (non-hydrogen) atoms. The number of hydrogen-bond acceptors (Lipinski definition) is 4. The molecule has 0 aliphatic carbocycles. The summed E-state index contributed by atoms with van der Waals surface area (Å²) in [6.45, 7) is 6.81. The number of urea groups is 1. The predicted octanol–water partition coefficient (Wildman–Crippen LogP) is 4.42. The average Bonchev–Trinajstić information content (AvgIpc) is 3.23. The SMILES string of the molecule is CCOc1ccc(-n2c(C)cc(C(=O)CN3C(=O)NC(C)(c4cc(F)ccc4F)C3=O)c2C)cc1. The molecule has 0 radical (unpaired) electrons. The molecule has 182 valence electrons. The average molecular weight is 481 g/mol. The number of carbonyl (C=O) groups excluding carboxylic acids is 3. The third-order valence-electron chi connectivity index (χ3n) is 6.18. The zero-order valence-electron chi connectivity index (χ0n) is 19.8. The summed E-state index contributed by atoms with van der Waals surface area (Å²) < 4.78 is 35.5. The molecule has 0 saturated carbocycles. The molecule has 1 saturated heterocycles. The third-order valence-corrected chi connectivity index (χ3v) is 6.18. The van der Waals surface area contributed by atoms with E-state index in [-0.39, 0.29) is 5.56 Å². The Morgan fingerprint density at radius 2 is 1.74 bits per heavy atom. The minimum Gasteiger partial charge on any atom is -0.494 e. The molecule has 3 aromatic rings. The quantitative estimate of drug-likeness (QED) is 0.400. The highest BCUT2D eigenvalue weighted by molar-refractivity contribution is 6.11. The topological polar surface area (TPSA) is 80.6 Å². The van der Waals surface area contributed by atoms with Gasteiger partial charge in [0, 0.05) is 28.2 Å². The van der Waals surface area contributed by atoms with Crippen LogP contribution in [0, 0.1) is 25.5 Å². The lowest BCUT2D eigenvalue weighted by Crippen LogP contribution is -2.42. The summed E-state index contributed by atoms with van der Waals surface area (Å²) in [6.07, 6.45) is 0. The number of ether oxygens (including phenoxy) is 1. The third kappa shape index (κ3) is 4.18. The van der Waals surface area contributed by atoms with Crippen LogP contribution in [0.1, 0.15) is 41.2 Å². The molecule has 0 spiro atoms. The largest absolute Gasteiger partial charge is 0.494 e. The van der Waals surface area contributed by atoms with Crippen LogP contribution in [0.25, 0.3) is 5.69 Å². The lowest BCUT2D eigenvalue weighted by molar-refractivity contribution is -0.130. The number of aryl methyl sites for hydroxylation is 1. The van der Waals surface area contributed by atoms with Crippen molar-refractivity contribution in [3.63, 3.8) is 0 Å². The van der Waals surface area contributed by atoms with Gasteiger partial charge in [0.05, 0.1) is 13.2 Å². The summed E-state index contributed by atoms with van der Waals surface area (Å²) in [5.41, 5.74) is 0.470. The number of benzene rings is 2. The number of nitrogens with zero attached hydrogens (tertiary/aromatic N) is 2. The van der Waals surface area contributed by atoms with Crippen LogP contribution >= 0.6 is 0 Å². The van der Waals surface area contributed by atoms with E-state index in [9.17, 15) is 23.2 Å². The van der Waals surface area contributed by atoms with E-state index in [0.29, 0.717) is 17.9 Å². The second-order valence-electron chi connectivity index (χ2n) is 8.54. The highest BCUT2D eigenvalue weighted by atomic mass is 19.1. The van der Waals surface area contributed by atoms with Gasteiger partial charge in [0.2, 0.25) is 0 Å². The Hall–Kier alpha value is -4.01. The zero-order valence-corrected chi connectivity index (χ0v) is 19.8. The van der Waals surface area contributed by atoms with Crippen LogP contribution in [-0.4, -0.2) is 40.3 Å². The summed E-state index contributed by atoms with van der Waals surface area (Å²) >= 11 is 0. The Labute approximate surface area is 201 Å². The van der Waals surface area contributed by atoms with E-state index >= 15 is 0 Å². The van der Waals surface area contributed by atoms with Gasteiger partial charge >= 0.3 is 6.03 Å². The maximum Gasteiger partial charge on any atom is 0.325 e. The molecule has 9 heteroatoms. The molecule has 1 N–H and O–H groups in total. The molecule has 1 fully saturated rings. The van der Waals surface area contributed by atoms with Crippen molar-refractivity contribution in [2.24, 2.45) is 0 Å². The minimum atomic E-state index is -1.83. The van der Waals surface area contributed by atoms with E-state index in [2.05, 4.69) is 5.32 Å². The van der Waals surface area contributed by atoms with Crippen LogP contribution in [0.3, 0.4) is 0 Å². The van der Waals surface area contributed by atoms with Gasteiger partial charge in [-0.15, -0.1) is 0 Å². The van der Waals surface area contributed by atoms with Crippen molar-refractivity contribution >= 4 is 17.7 Å². The number of rotatable bonds is 7. The van der Waals surface area contributed by atoms with Gasteiger partial charge in [-0.3, -0.25) is 14.5 Å². The highest BCUT2D eigenvalue weighted by Gasteiger charge is 2.51. The number of aromatic nitrogens is 1. The molecule has 2 aromatic carbocycles. The number of ketones is 1. The summed E-state index contributed by atoms with van der Waals surface area (Å²) in [5, 5.41) is 2.41. The predicted molar refractivity (Wildman–Crippen MR) is 125 cm³/mol. The fourth-order valence-corrected chi connectivity index (χ4v) is 4.43. The van der Waals surface area contributed by atoms with Crippen LogP contribution in [0.2, 0.25) is 0 Å². The van der Waals surface area contributed by atoms with Gasteiger partial charge in [-0.25, -0.2) is 13.6 Å². The van der Waals surface area contributed by atoms with Gasteiger partial charge in [0.1, 0.15) is 22.9 Å². The van der Waals surface area contributed by atoms with Crippen LogP contribution in [0.4, 0.5) is 13.6 Å². The first kappa shape index (κ1) is 24.1. The number of amides is 3. The number of carbonyl (C=O) groups is 3. The lowest BCUT2D eigenvalue weighted by atomic mass is 9.91. The fourth-order valence-electron chi connectivity index (χ4n) is 4.43. The Balaban J connectivity index is 1.59. The normalized spacial score (nSPS) is 17.6. The van der Waals surface area contributed by atoms with Crippen LogP contribution < -0.4 is 10.1 Å². The second kappa shape index (κ2) is 8.98. The van der Waals surface area contributed by atoms with Crippen molar-refractivity contribution in [1.82, 2.24) is 14.8 Å². The molecule has 1 aliphatic rings. The number of imide groups is 1. The van der Waals surface area contributed by atoms with Crippen molar-refractivity contribution in [3.8, 4) is 11.4 Å². The van der Waals surface area contributed by atoms with Gasteiger partial charge in [-0.1, -0.05) is 0 Å². The molecule has 1 atom stereocenters. The number of nitrogens with one attached hydrogen (secondary N) is 1. The van der Waals surface area contributed by atoms with Crippen LogP contribution in [0.5, 0.6) is 5.75 Å². The Morgan fingerprint density at radius 1 is 1.06 bits per heavy atom. The fraction of sp³-hybridized carbons (Fsp3) is 0.269. The van der Waals surface area contributed by atoms with Crippen LogP contribution in [0.15, 0.2) is 48.5 Å². The Morgan fingerprint density at radius 3 is 2.40 bits per heavy atom. The first-order chi connectivity index (χ1) is 16.6. The van der Waals surface area contributed by atoms with E-state index in [1.54, 1.807) is 13.0 Å². The minimum absolute atomic E-state index is 0.306. The summed E-state index contributed by atoms with van der Waals surface area (Å²) in [6, 6.07) is 10.9. The van der Waals surface area contributed by atoms with Crippen LogP contribution in [-0.2, 0) is 10.3 Å². The van der Waals surface area contributed by atoms with E-state index < -0.39 is 41.4 Å². The van der Waals surface area contributed by atoms with Gasteiger partial charge in [0.15, 0.2) is 5.78 Å². The summed E-state index contributed by atoms with van der Waals surface area (Å²) in [7, 11) is 0. The van der Waals surface area contributed by atoms with E-state index in [4.69, 9.17) is 4.74 Å². The summed E-state index contributed by atoms with van der Waals surface area (Å²) in [4.78, 5) is 39.6. The molecular formula is C26H25F2N3O4. The molecule has 1 aliphatic heterocycles. The van der Waals surface area contributed by atoms with Crippen molar-refractivity contribution in [3.05, 3.63) is 82.7 Å². The van der Waals surface area contributed by atoms with E-state index in [1.165, 1.54) is 6.92 Å². The number of Topliss-reactive ketones (excluding diaryl/α,β-unsaturated/α-hetero) is 1. The van der Waals surface area contributed by atoms with Gasteiger partial charge in [-0.05, 0) is 76.2 Å². The molecule has 3 amide bonds. The molecule has 7 nitrogen and oxygen atoms in total.